The summed E-state index contributed by atoms with van der Waals surface area (Å²) in [5, 5.41) is 2.27. The van der Waals surface area contributed by atoms with Gasteiger partial charge in [0.25, 0.3) is 0 Å². The molecule has 206 valence electrons. The van der Waals surface area contributed by atoms with Crippen molar-refractivity contribution in [3.63, 3.8) is 0 Å². The summed E-state index contributed by atoms with van der Waals surface area (Å²) >= 11 is 5.15. The van der Waals surface area contributed by atoms with Gasteiger partial charge in [-0.1, -0.05) is 126 Å². The van der Waals surface area contributed by atoms with Gasteiger partial charge in [0, 0.05) is 49.9 Å². The lowest BCUT2D eigenvalue weighted by molar-refractivity contribution is 0.0255. The van der Waals surface area contributed by atoms with Gasteiger partial charge in [-0.2, -0.15) is 0 Å². The maximum atomic E-state index is 13.8. The van der Waals surface area contributed by atoms with Crippen molar-refractivity contribution < 1.29 is 9.53 Å². The van der Waals surface area contributed by atoms with Gasteiger partial charge >= 0.3 is 5.97 Å². The first-order chi connectivity index (χ1) is 19.4. The van der Waals surface area contributed by atoms with Gasteiger partial charge in [-0.15, -0.1) is 0 Å². The fourth-order valence-electron chi connectivity index (χ4n) is 6.84. The molecule has 6 heteroatoms. The van der Waals surface area contributed by atoms with E-state index in [1.807, 2.05) is 18.2 Å². The topological polar surface area (TPSA) is 36.2 Å². The van der Waals surface area contributed by atoms with Crippen LogP contribution >= 0.6 is 45.2 Å². The fraction of sp³-hybridized carbons (Fsp3) is 0.324. The second kappa shape index (κ2) is 10.8. The van der Waals surface area contributed by atoms with E-state index in [4.69, 9.17) is 4.74 Å². The Kier molecular flexibility index (Phi) is 7.52. The molecule has 40 heavy (non-hydrogen) atoms. The molecule has 0 spiro atoms. The van der Waals surface area contributed by atoms with Crippen molar-refractivity contribution in [2.24, 2.45) is 0 Å². The van der Waals surface area contributed by atoms with Gasteiger partial charge in [0.1, 0.15) is 0 Å². The molecule has 0 radical (unpaired) electrons. The number of fused-ring (bicyclic) bond motifs is 3. The third-order valence-electron chi connectivity index (χ3n) is 8.40. The molecule has 6 rings (SSSR count). The van der Waals surface area contributed by atoms with Gasteiger partial charge in [-0.3, -0.25) is 0 Å². The predicted molar refractivity (Wildman–Crippen MR) is 181 cm³/mol. The molecule has 2 atom stereocenters. The number of aromatic nitrogens is 2. The van der Waals surface area contributed by atoms with E-state index in [1.54, 1.807) is 0 Å². The van der Waals surface area contributed by atoms with E-state index >= 15 is 0 Å². The molecule has 1 aliphatic heterocycles. The highest BCUT2D eigenvalue weighted by Crippen LogP contribution is 2.55. The summed E-state index contributed by atoms with van der Waals surface area (Å²) < 4.78 is 12.3. The lowest BCUT2D eigenvalue weighted by Gasteiger charge is -2.32. The number of rotatable bonds is 8. The monoisotopic (exact) mass is 756 g/mol. The molecule has 3 heterocycles. The average Bonchev–Trinajstić information content (AvgIpc) is 3.53. The number of ether oxygens (including phenoxy) is 1. The summed E-state index contributed by atoms with van der Waals surface area (Å²) in [6.45, 7) is 8.89. The van der Waals surface area contributed by atoms with Crippen molar-refractivity contribution in [1.29, 1.82) is 0 Å². The van der Waals surface area contributed by atoms with E-state index < -0.39 is 5.60 Å². The number of cyclic esters (lactones) is 1. The van der Waals surface area contributed by atoms with Gasteiger partial charge in [-0.25, -0.2) is 4.79 Å². The second-order valence-corrected chi connectivity index (χ2v) is 13.6. The third-order valence-corrected chi connectivity index (χ3v) is 10.8. The molecule has 0 saturated carbocycles. The third kappa shape index (κ3) is 3.99. The molecule has 3 aromatic carbocycles. The van der Waals surface area contributed by atoms with Crippen LogP contribution in [0.4, 0.5) is 0 Å². The molecule has 2 aromatic heterocycles. The first kappa shape index (κ1) is 27.8. The Morgan fingerprint density at radius 3 is 1.68 bits per heavy atom. The van der Waals surface area contributed by atoms with Crippen LogP contribution in [-0.4, -0.2) is 15.1 Å². The summed E-state index contributed by atoms with van der Waals surface area (Å²) in [6.07, 6.45) is 4.32. The van der Waals surface area contributed by atoms with E-state index in [9.17, 15) is 4.79 Å². The van der Waals surface area contributed by atoms with Crippen LogP contribution < -0.4 is 0 Å². The highest BCUT2D eigenvalue weighted by molar-refractivity contribution is 14.1. The Labute approximate surface area is 263 Å². The van der Waals surface area contributed by atoms with E-state index in [0.29, 0.717) is 5.56 Å². The van der Waals surface area contributed by atoms with Crippen molar-refractivity contribution in [1.82, 2.24) is 9.13 Å². The standard InChI is InChI=1S/C34H34I2N2O2/c1-5-13-29(35)37-21(3)31(24-16-8-11-19-27(24)37)34(26-18-10-7-15-23(26)33(39)40-34)32-22(4)38(30(36)14-6-2)28-20-12-9-17-25(28)32/h7-12,15-20,29-30H,5-6,13-14H2,1-4H3. The lowest BCUT2D eigenvalue weighted by atomic mass is 9.77. The van der Waals surface area contributed by atoms with Crippen LogP contribution in [0.5, 0.6) is 0 Å². The Balaban J connectivity index is 1.80. The molecule has 1 aliphatic rings. The Morgan fingerprint density at radius 2 is 1.18 bits per heavy atom. The van der Waals surface area contributed by atoms with E-state index in [0.717, 1.165) is 64.5 Å². The summed E-state index contributed by atoms with van der Waals surface area (Å²) in [7, 11) is 0. The van der Waals surface area contributed by atoms with Crippen LogP contribution in [0.15, 0.2) is 72.8 Å². The molecule has 2 unspecified atom stereocenters. The number of hydrogen-bond donors (Lipinski definition) is 0. The predicted octanol–water partition coefficient (Wildman–Crippen LogP) is 10.1. The molecule has 0 amide bonds. The van der Waals surface area contributed by atoms with Crippen molar-refractivity contribution >= 4 is 73.0 Å². The molecular weight excluding hydrogens is 722 g/mol. The van der Waals surface area contributed by atoms with Gasteiger partial charge in [-0.05, 0) is 44.9 Å². The Hall–Kier alpha value is -2.33. The molecule has 0 aliphatic carbocycles. The first-order valence-corrected chi connectivity index (χ1v) is 16.7. The van der Waals surface area contributed by atoms with Crippen molar-refractivity contribution in [2.45, 2.75) is 67.1 Å². The van der Waals surface area contributed by atoms with Gasteiger partial charge in [0.05, 0.1) is 13.7 Å². The number of halogens is 2. The van der Waals surface area contributed by atoms with Crippen LogP contribution in [0.1, 0.15) is 86.1 Å². The van der Waals surface area contributed by atoms with E-state index in [2.05, 4.69) is 137 Å². The minimum atomic E-state index is -1.07. The number of carbonyl (C=O) groups excluding carboxylic acids is 1. The zero-order chi connectivity index (χ0) is 28.2. The summed E-state index contributed by atoms with van der Waals surface area (Å²) in [5.74, 6) is -0.262. The molecule has 5 aromatic rings. The van der Waals surface area contributed by atoms with Crippen LogP contribution in [-0.2, 0) is 10.3 Å². The molecule has 0 saturated heterocycles. The van der Waals surface area contributed by atoms with Crippen LogP contribution in [0.2, 0.25) is 0 Å². The number of nitrogens with zero attached hydrogens (tertiary/aromatic N) is 2. The number of carbonyl (C=O) groups is 1. The largest absolute Gasteiger partial charge is 0.440 e. The highest BCUT2D eigenvalue weighted by Gasteiger charge is 2.53. The van der Waals surface area contributed by atoms with Gasteiger partial charge in [0.2, 0.25) is 0 Å². The van der Waals surface area contributed by atoms with Crippen LogP contribution in [0, 0.1) is 13.8 Å². The van der Waals surface area contributed by atoms with E-state index in [1.165, 1.54) is 11.0 Å². The number of esters is 1. The maximum absolute atomic E-state index is 13.8. The summed E-state index contributed by atoms with van der Waals surface area (Å²) in [6, 6.07) is 25.2. The minimum Gasteiger partial charge on any atom is -0.440 e. The first-order valence-electron chi connectivity index (χ1n) is 14.2. The smallest absolute Gasteiger partial charge is 0.340 e. The van der Waals surface area contributed by atoms with Gasteiger partial charge < -0.3 is 13.9 Å². The zero-order valence-electron chi connectivity index (χ0n) is 23.4. The molecule has 4 nitrogen and oxygen atoms in total. The molecule has 0 N–H and O–H groups in total. The second-order valence-electron chi connectivity index (χ2n) is 10.8. The number of alkyl halides is 2. The quantitative estimate of drug-likeness (QED) is 0.0898. The Bertz CT molecular complexity index is 1650. The minimum absolute atomic E-state index is 0.262. The van der Waals surface area contributed by atoms with E-state index in [-0.39, 0.29) is 14.1 Å². The van der Waals surface area contributed by atoms with Crippen molar-refractivity contribution in [2.75, 3.05) is 0 Å². The number of benzene rings is 3. The molecule has 0 fully saturated rings. The summed E-state index contributed by atoms with van der Waals surface area (Å²) in [5.41, 5.74) is 7.32. The molecular formula is C34H34I2N2O2. The number of hydrogen-bond acceptors (Lipinski definition) is 2. The number of para-hydroxylation sites is 2. The normalized spacial score (nSPS) is 18.3. The van der Waals surface area contributed by atoms with Crippen molar-refractivity contribution in [3.05, 3.63) is 106 Å². The average molecular weight is 756 g/mol. The lowest BCUT2D eigenvalue weighted by Crippen LogP contribution is -2.31. The molecule has 0 bridgehead atoms. The van der Waals surface area contributed by atoms with Crippen molar-refractivity contribution in [3.8, 4) is 0 Å². The van der Waals surface area contributed by atoms with Gasteiger partial charge in [0.15, 0.2) is 5.60 Å². The fourth-order valence-corrected chi connectivity index (χ4v) is 9.52. The SMILES string of the molecule is CCCC(I)n1c(C)c(C2(c3c(C)n(C(I)CCC)c4ccccc34)OC(=O)c3ccccc32)c2ccccc21. The summed E-state index contributed by atoms with van der Waals surface area (Å²) in [4.78, 5) is 13.8. The zero-order valence-corrected chi connectivity index (χ0v) is 27.7. The van der Waals surface area contributed by atoms with Crippen LogP contribution in [0.3, 0.4) is 0 Å². The Morgan fingerprint density at radius 1 is 0.725 bits per heavy atom. The highest BCUT2D eigenvalue weighted by atomic mass is 127. The van der Waals surface area contributed by atoms with Crippen LogP contribution in [0.25, 0.3) is 21.8 Å². The maximum Gasteiger partial charge on any atom is 0.340 e.